The fraction of sp³-hybridized carbons (Fsp3) is 0.353. The molecule has 9 heteroatoms. The van der Waals surface area contributed by atoms with E-state index in [9.17, 15) is 4.79 Å². The molecule has 0 radical (unpaired) electrons. The molecule has 2 amide bonds. The lowest BCUT2D eigenvalue weighted by Gasteiger charge is -2.19. The van der Waals surface area contributed by atoms with E-state index in [0.29, 0.717) is 24.7 Å². The van der Waals surface area contributed by atoms with Gasteiger partial charge >= 0.3 is 6.03 Å². The topological polar surface area (TPSA) is 71.8 Å². The van der Waals surface area contributed by atoms with Crippen molar-refractivity contribution in [3.8, 4) is 5.75 Å². The first-order chi connectivity index (χ1) is 12.5. The van der Waals surface area contributed by atoms with E-state index in [-0.39, 0.29) is 6.03 Å². The molecule has 0 aliphatic carbocycles. The van der Waals surface area contributed by atoms with Gasteiger partial charge in [0.15, 0.2) is 0 Å². The molecule has 138 valence electrons. The maximum absolute atomic E-state index is 12.4. The van der Waals surface area contributed by atoms with Crippen molar-refractivity contribution in [2.45, 2.75) is 26.9 Å². The van der Waals surface area contributed by atoms with Gasteiger partial charge in [-0.2, -0.15) is 5.10 Å². The number of nitrogens with one attached hydrogen (secondary N) is 1. The summed E-state index contributed by atoms with van der Waals surface area (Å²) in [5.74, 6) is 0.729. The molecule has 0 atom stereocenters. The van der Waals surface area contributed by atoms with E-state index in [2.05, 4.69) is 15.4 Å². The highest BCUT2D eigenvalue weighted by Gasteiger charge is 2.14. The number of rotatable bonds is 6. The SMILES string of the molecule is CCOc1ccc(Cl)cc1CN(C)C(=O)NCc1cn2nc(C)sc2n1. The Hall–Kier alpha value is -2.32. The molecule has 1 aromatic carbocycles. The molecule has 0 aliphatic heterocycles. The van der Waals surface area contributed by atoms with Crippen LogP contribution in [0.1, 0.15) is 23.2 Å². The van der Waals surface area contributed by atoms with Gasteiger partial charge < -0.3 is 15.0 Å². The molecule has 26 heavy (non-hydrogen) atoms. The highest BCUT2D eigenvalue weighted by Crippen LogP contribution is 2.24. The third-order valence-corrected chi connectivity index (χ3v) is 4.76. The number of hydrogen-bond donors (Lipinski definition) is 1. The Kier molecular flexibility index (Phi) is 5.63. The summed E-state index contributed by atoms with van der Waals surface area (Å²) in [6, 6.07) is 5.21. The molecule has 7 nitrogen and oxygen atoms in total. The van der Waals surface area contributed by atoms with E-state index in [1.165, 1.54) is 11.3 Å². The van der Waals surface area contributed by atoms with Crippen LogP contribution in [0.3, 0.4) is 0 Å². The van der Waals surface area contributed by atoms with Crippen LogP contribution in [0.5, 0.6) is 5.75 Å². The van der Waals surface area contributed by atoms with E-state index < -0.39 is 0 Å². The number of fused-ring (bicyclic) bond motifs is 1. The molecule has 0 saturated carbocycles. The summed E-state index contributed by atoms with van der Waals surface area (Å²) >= 11 is 7.58. The number of carbonyl (C=O) groups is 1. The number of aryl methyl sites for hydroxylation is 1. The zero-order valence-corrected chi connectivity index (χ0v) is 16.4. The van der Waals surface area contributed by atoms with Gasteiger partial charge in [-0.3, -0.25) is 0 Å². The minimum atomic E-state index is -0.201. The molecular weight excluding hydrogens is 374 g/mol. The van der Waals surface area contributed by atoms with Gasteiger partial charge in [0, 0.05) is 17.6 Å². The van der Waals surface area contributed by atoms with Crippen LogP contribution in [0.2, 0.25) is 5.02 Å². The molecule has 2 aromatic heterocycles. The number of nitrogens with zero attached hydrogens (tertiary/aromatic N) is 4. The van der Waals surface area contributed by atoms with E-state index in [4.69, 9.17) is 16.3 Å². The van der Waals surface area contributed by atoms with Gasteiger partial charge in [0.25, 0.3) is 0 Å². The third kappa shape index (κ3) is 4.25. The summed E-state index contributed by atoms with van der Waals surface area (Å²) < 4.78 is 7.33. The molecule has 0 unspecified atom stereocenters. The zero-order chi connectivity index (χ0) is 18.7. The number of aromatic nitrogens is 3. The Balaban J connectivity index is 1.60. The van der Waals surface area contributed by atoms with E-state index in [0.717, 1.165) is 27.0 Å². The van der Waals surface area contributed by atoms with Crippen LogP contribution in [0.4, 0.5) is 4.79 Å². The monoisotopic (exact) mass is 393 g/mol. The summed E-state index contributed by atoms with van der Waals surface area (Å²) in [6.07, 6.45) is 1.82. The van der Waals surface area contributed by atoms with E-state index >= 15 is 0 Å². The molecule has 0 bridgehead atoms. The number of halogens is 1. The smallest absolute Gasteiger partial charge is 0.317 e. The van der Waals surface area contributed by atoms with Crippen LogP contribution in [0.15, 0.2) is 24.4 Å². The highest BCUT2D eigenvalue weighted by molar-refractivity contribution is 7.16. The summed E-state index contributed by atoms with van der Waals surface area (Å²) in [6.45, 7) is 5.13. The number of amides is 2. The normalized spacial score (nSPS) is 10.9. The fourth-order valence-corrected chi connectivity index (χ4v) is 3.46. The second-order valence-corrected chi connectivity index (χ2v) is 7.38. The molecule has 3 aromatic rings. The third-order valence-electron chi connectivity index (χ3n) is 3.69. The number of imidazole rings is 1. The second kappa shape index (κ2) is 7.92. The van der Waals surface area contributed by atoms with Gasteiger partial charge in [0.05, 0.1) is 31.6 Å². The lowest BCUT2D eigenvalue weighted by atomic mass is 10.2. The summed E-state index contributed by atoms with van der Waals surface area (Å²) in [5, 5.41) is 8.74. The summed E-state index contributed by atoms with van der Waals surface area (Å²) in [4.78, 5) is 19.2. The Morgan fingerprint density at radius 1 is 1.46 bits per heavy atom. The number of benzene rings is 1. The van der Waals surface area contributed by atoms with Crippen LogP contribution in [0.25, 0.3) is 4.96 Å². The molecule has 3 rings (SSSR count). The molecular formula is C17H20ClN5O2S. The molecule has 0 aliphatic rings. The van der Waals surface area contributed by atoms with Crippen molar-refractivity contribution >= 4 is 33.9 Å². The lowest BCUT2D eigenvalue weighted by molar-refractivity contribution is 0.205. The summed E-state index contributed by atoms with van der Waals surface area (Å²) in [7, 11) is 1.72. The number of urea groups is 1. The Morgan fingerprint density at radius 3 is 3.00 bits per heavy atom. The average Bonchev–Trinajstić information content (AvgIpc) is 3.12. The Morgan fingerprint density at radius 2 is 2.27 bits per heavy atom. The molecule has 2 heterocycles. The minimum Gasteiger partial charge on any atom is -0.494 e. The van der Waals surface area contributed by atoms with Crippen LogP contribution in [-0.2, 0) is 13.1 Å². The van der Waals surface area contributed by atoms with Crippen molar-refractivity contribution < 1.29 is 9.53 Å². The van der Waals surface area contributed by atoms with Crippen LogP contribution in [-0.4, -0.2) is 39.2 Å². The van der Waals surface area contributed by atoms with Crippen molar-refractivity contribution in [2.75, 3.05) is 13.7 Å². The maximum atomic E-state index is 12.4. The molecule has 1 N–H and O–H groups in total. The van der Waals surface area contributed by atoms with Crippen molar-refractivity contribution in [2.24, 2.45) is 0 Å². The largest absolute Gasteiger partial charge is 0.494 e. The quantitative estimate of drug-likeness (QED) is 0.695. The van der Waals surface area contributed by atoms with Crippen molar-refractivity contribution in [3.63, 3.8) is 0 Å². The Labute approximate surface area is 160 Å². The average molecular weight is 394 g/mol. The van der Waals surface area contributed by atoms with Crippen LogP contribution >= 0.6 is 22.9 Å². The number of ether oxygens (including phenoxy) is 1. The van der Waals surface area contributed by atoms with Gasteiger partial charge in [-0.25, -0.2) is 14.3 Å². The van der Waals surface area contributed by atoms with Gasteiger partial charge in [0.1, 0.15) is 10.8 Å². The summed E-state index contributed by atoms with van der Waals surface area (Å²) in [5.41, 5.74) is 1.63. The first-order valence-electron chi connectivity index (χ1n) is 8.18. The number of carbonyl (C=O) groups excluding carboxylic acids is 1. The van der Waals surface area contributed by atoms with Crippen molar-refractivity contribution in [1.82, 2.24) is 24.8 Å². The van der Waals surface area contributed by atoms with Crippen molar-refractivity contribution in [3.05, 3.63) is 45.7 Å². The molecule has 0 spiro atoms. The van der Waals surface area contributed by atoms with Crippen molar-refractivity contribution in [1.29, 1.82) is 0 Å². The van der Waals surface area contributed by atoms with Crippen LogP contribution in [0, 0.1) is 6.92 Å². The predicted molar refractivity (Wildman–Crippen MR) is 102 cm³/mol. The first kappa shape index (κ1) is 18.5. The van der Waals surface area contributed by atoms with Crippen LogP contribution < -0.4 is 10.1 Å². The molecule has 0 saturated heterocycles. The Bertz CT molecular complexity index is 892. The maximum Gasteiger partial charge on any atom is 0.317 e. The first-order valence-corrected chi connectivity index (χ1v) is 9.37. The fourth-order valence-electron chi connectivity index (χ4n) is 2.53. The van der Waals surface area contributed by atoms with Gasteiger partial charge in [0.2, 0.25) is 4.96 Å². The van der Waals surface area contributed by atoms with Gasteiger partial charge in [-0.1, -0.05) is 22.9 Å². The van der Waals surface area contributed by atoms with E-state index in [1.807, 2.05) is 32.2 Å². The lowest BCUT2D eigenvalue weighted by Crippen LogP contribution is -2.36. The van der Waals surface area contributed by atoms with Gasteiger partial charge in [-0.15, -0.1) is 0 Å². The second-order valence-electron chi connectivity index (χ2n) is 5.78. The minimum absolute atomic E-state index is 0.201. The standard InChI is InChI=1S/C17H20ClN5O2S/c1-4-25-15-6-5-13(18)7-12(15)9-22(3)16(24)19-8-14-10-23-17(20-14)26-11(2)21-23/h5-7,10H,4,8-9H2,1-3H3,(H,19,24). The zero-order valence-electron chi connectivity index (χ0n) is 14.8. The molecule has 0 fully saturated rings. The number of hydrogen-bond acceptors (Lipinski definition) is 5. The highest BCUT2D eigenvalue weighted by atomic mass is 35.5. The van der Waals surface area contributed by atoms with Gasteiger partial charge in [-0.05, 0) is 32.0 Å². The predicted octanol–water partition coefficient (Wildman–Crippen LogP) is 3.49. The van der Waals surface area contributed by atoms with E-state index in [1.54, 1.807) is 22.5 Å².